The van der Waals surface area contributed by atoms with Crippen molar-refractivity contribution in [2.75, 3.05) is 24.2 Å². The number of hydrogen-bond acceptors (Lipinski definition) is 6. The molecule has 2 N–H and O–H groups in total. The summed E-state index contributed by atoms with van der Waals surface area (Å²) in [6.07, 6.45) is 0.959. The van der Waals surface area contributed by atoms with Crippen LogP contribution in [0, 0.1) is 0 Å². The number of azo groups is 1. The number of H-pyrrole nitrogens is 1. The van der Waals surface area contributed by atoms with Crippen LogP contribution in [0.15, 0.2) is 52.7 Å². The maximum absolute atomic E-state index is 12.3. The lowest BCUT2D eigenvalue weighted by Gasteiger charge is -2.21. The van der Waals surface area contributed by atoms with E-state index in [1.165, 1.54) is 25.3 Å². The SMILES string of the molecule is COc1ccc(N(CC(=O)N=Nc2c(O)[nH]c3ccccc23)S(C)(=O)=O)cc1Cl. The van der Waals surface area contributed by atoms with Crippen molar-refractivity contribution in [2.24, 2.45) is 10.2 Å². The number of carbonyl (C=O) groups is 1. The van der Waals surface area contributed by atoms with Crippen molar-refractivity contribution in [3.05, 3.63) is 47.5 Å². The molecule has 9 nitrogen and oxygen atoms in total. The van der Waals surface area contributed by atoms with Crippen molar-refractivity contribution in [3.63, 3.8) is 0 Å². The van der Waals surface area contributed by atoms with Crippen LogP contribution in [0.25, 0.3) is 10.9 Å². The number of aromatic nitrogens is 1. The second kappa shape index (κ2) is 8.10. The Balaban J connectivity index is 1.87. The predicted octanol–water partition coefficient (Wildman–Crippen LogP) is 3.61. The molecule has 11 heteroatoms. The van der Waals surface area contributed by atoms with Crippen LogP contribution in [0.2, 0.25) is 5.02 Å². The molecule has 0 spiro atoms. The molecule has 0 atom stereocenters. The van der Waals surface area contributed by atoms with E-state index in [1.807, 2.05) is 0 Å². The number of ether oxygens (including phenoxy) is 1. The highest BCUT2D eigenvalue weighted by Crippen LogP contribution is 2.35. The zero-order chi connectivity index (χ0) is 21.2. The molecule has 3 aromatic rings. The molecule has 29 heavy (non-hydrogen) atoms. The summed E-state index contributed by atoms with van der Waals surface area (Å²) in [4.78, 5) is 15.0. The average Bonchev–Trinajstić information content (AvgIpc) is 2.98. The molecule has 152 valence electrons. The third kappa shape index (κ3) is 4.49. The number of benzene rings is 2. The van der Waals surface area contributed by atoms with Gasteiger partial charge in [0, 0.05) is 5.39 Å². The number of aromatic amines is 1. The number of rotatable bonds is 6. The monoisotopic (exact) mass is 436 g/mol. The number of hydrogen-bond donors (Lipinski definition) is 2. The molecule has 1 heterocycles. The lowest BCUT2D eigenvalue weighted by atomic mass is 10.2. The van der Waals surface area contributed by atoms with Crippen molar-refractivity contribution < 1.29 is 23.1 Å². The van der Waals surface area contributed by atoms with Gasteiger partial charge in [0.2, 0.25) is 15.9 Å². The summed E-state index contributed by atoms with van der Waals surface area (Å²) < 4.78 is 30.3. The van der Waals surface area contributed by atoms with Crippen LogP contribution >= 0.6 is 11.6 Å². The molecule has 3 rings (SSSR count). The molecule has 0 aliphatic carbocycles. The number of para-hydroxylation sites is 1. The van der Waals surface area contributed by atoms with E-state index in [0.29, 0.717) is 16.7 Å². The molecule has 0 unspecified atom stereocenters. The maximum Gasteiger partial charge on any atom is 0.285 e. The van der Waals surface area contributed by atoms with Crippen LogP contribution in [-0.2, 0) is 14.8 Å². The van der Waals surface area contributed by atoms with Crippen LogP contribution in [-0.4, -0.2) is 44.3 Å². The van der Waals surface area contributed by atoms with E-state index in [0.717, 1.165) is 10.6 Å². The minimum absolute atomic E-state index is 0.0901. The Bertz CT molecular complexity index is 1210. The smallest absolute Gasteiger partial charge is 0.285 e. The van der Waals surface area contributed by atoms with Gasteiger partial charge in [-0.2, -0.15) is 0 Å². The van der Waals surface area contributed by atoms with Crippen molar-refractivity contribution in [3.8, 4) is 11.6 Å². The Morgan fingerprint density at radius 3 is 2.66 bits per heavy atom. The van der Waals surface area contributed by atoms with E-state index in [-0.39, 0.29) is 22.3 Å². The summed E-state index contributed by atoms with van der Waals surface area (Å²) in [7, 11) is -2.38. The number of amides is 1. The number of aromatic hydroxyl groups is 1. The van der Waals surface area contributed by atoms with Gasteiger partial charge in [-0.25, -0.2) is 8.42 Å². The van der Waals surface area contributed by atoms with Crippen LogP contribution in [0.1, 0.15) is 0 Å². The number of carbonyl (C=O) groups excluding carboxylic acids is 1. The first-order valence-electron chi connectivity index (χ1n) is 8.26. The lowest BCUT2D eigenvalue weighted by Crippen LogP contribution is -2.34. The Morgan fingerprint density at radius 2 is 2.00 bits per heavy atom. The van der Waals surface area contributed by atoms with Crippen LogP contribution in [0.3, 0.4) is 0 Å². The van der Waals surface area contributed by atoms with Crippen molar-refractivity contribution in [2.45, 2.75) is 0 Å². The van der Waals surface area contributed by atoms with E-state index < -0.39 is 22.5 Å². The van der Waals surface area contributed by atoms with Crippen LogP contribution in [0.5, 0.6) is 11.6 Å². The fraction of sp³-hybridized carbons (Fsp3) is 0.167. The molecule has 2 aromatic carbocycles. The predicted molar refractivity (Wildman–Crippen MR) is 110 cm³/mol. The van der Waals surface area contributed by atoms with Gasteiger partial charge >= 0.3 is 0 Å². The number of sulfonamides is 1. The third-order valence-corrected chi connectivity index (χ3v) is 5.46. The van der Waals surface area contributed by atoms with E-state index in [2.05, 4.69) is 15.2 Å². The van der Waals surface area contributed by atoms with Crippen LogP contribution in [0.4, 0.5) is 11.4 Å². The van der Waals surface area contributed by atoms with Gasteiger partial charge in [0.05, 0.1) is 29.6 Å². The zero-order valence-electron chi connectivity index (χ0n) is 15.5. The lowest BCUT2D eigenvalue weighted by molar-refractivity contribution is -0.116. The average molecular weight is 437 g/mol. The van der Waals surface area contributed by atoms with E-state index in [1.54, 1.807) is 24.3 Å². The molecular weight excluding hydrogens is 420 g/mol. The van der Waals surface area contributed by atoms with Gasteiger partial charge in [0.15, 0.2) is 5.69 Å². The summed E-state index contributed by atoms with van der Waals surface area (Å²) in [6.45, 7) is -0.589. The second-order valence-electron chi connectivity index (χ2n) is 6.05. The van der Waals surface area contributed by atoms with E-state index in [4.69, 9.17) is 16.3 Å². The van der Waals surface area contributed by atoms with Gasteiger partial charge in [-0.1, -0.05) is 29.8 Å². The van der Waals surface area contributed by atoms with Gasteiger partial charge in [-0.15, -0.1) is 10.2 Å². The molecule has 0 aliphatic heterocycles. The molecule has 0 fully saturated rings. The highest BCUT2D eigenvalue weighted by atomic mass is 35.5. The fourth-order valence-electron chi connectivity index (χ4n) is 2.68. The molecule has 1 amide bonds. The minimum Gasteiger partial charge on any atom is -0.495 e. The first-order valence-corrected chi connectivity index (χ1v) is 10.5. The van der Waals surface area contributed by atoms with Crippen LogP contribution < -0.4 is 9.04 Å². The molecular formula is C18H17ClN4O5S. The summed E-state index contributed by atoms with van der Waals surface area (Å²) in [5.74, 6) is -0.707. The molecule has 0 saturated carbocycles. The normalized spacial score (nSPS) is 11.8. The quantitative estimate of drug-likeness (QED) is 0.571. The number of nitrogens with one attached hydrogen (secondary N) is 1. The first kappa shape index (κ1) is 20.6. The van der Waals surface area contributed by atoms with Crippen molar-refractivity contribution in [1.82, 2.24) is 4.98 Å². The summed E-state index contributed by atoms with van der Waals surface area (Å²) in [5.41, 5.74) is 0.890. The fourth-order valence-corrected chi connectivity index (χ4v) is 3.78. The number of anilines is 1. The number of fused-ring (bicyclic) bond motifs is 1. The summed E-state index contributed by atoms with van der Waals surface area (Å²) >= 11 is 6.06. The Kier molecular flexibility index (Phi) is 5.76. The number of methoxy groups -OCH3 is 1. The Hall–Kier alpha value is -3.11. The molecule has 0 saturated heterocycles. The number of halogens is 1. The van der Waals surface area contributed by atoms with Gasteiger partial charge < -0.3 is 14.8 Å². The zero-order valence-corrected chi connectivity index (χ0v) is 17.0. The largest absolute Gasteiger partial charge is 0.495 e. The molecule has 0 aliphatic rings. The summed E-state index contributed by atoms with van der Waals surface area (Å²) in [6, 6.07) is 11.3. The molecule has 0 radical (unpaired) electrons. The highest BCUT2D eigenvalue weighted by molar-refractivity contribution is 7.92. The molecule has 1 aromatic heterocycles. The van der Waals surface area contributed by atoms with Gasteiger partial charge in [-0.3, -0.25) is 9.10 Å². The second-order valence-corrected chi connectivity index (χ2v) is 8.36. The topological polar surface area (TPSA) is 124 Å². The first-order chi connectivity index (χ1) is 13.7. The molecule has 0 bridgehead atoms. The Morgan fingerprint density at radius 1 is 1.28 bits per heavy atom. The minimum atomic E-state index is -3.81. The van der Waals surface area contributed by atoms with E-state index >= 15 is 0 Å². The van der Waals surface area contributed by atoms with Crippen molar-refractivity contribution in [1.29, 1.82) is 0 Å². The third-order valence-electron chi connectivity index (χ3n) is 4.02. The van der Waals surface area contributed by atoms with Gasteiger partial charge in [-0.05, 0) is 24.3 Å². The van der Waals surface area contributed by atoms with E-state index in [9.17, 15) is 18.3 Å². The van der Waals surface area contributed by atoms with Gasteiger partial charge in [0.1, 0.15) is 12.3 Å². The summed E-state index contributed by atoms with van der Waals surface area (Å²) in [5, 5.41) is 18.1. The maximum atomic E-state index is 12.3. The standard InChI is InChI=1S/C18H17ClN4O5S/c1-28-15-8-7-11(9-13(15)19)23(29(2,26)27)10-16(24)21-22-17-12-5-3-4-6-14(12)20-18(17)25/h3-9,20,25H,10H2,1-2H3. The van der Waals surface area contributed by atoms with Gasteiger partial charge in [0.25, 0.3) is 5.91 Å². The number of nitrogens with zero attached hydrogens (tertiary/aromatic N) is 3. The highest BCUT2D eigenvalue weighted by Gasteiger charge is 2.22. The van der Waals surface area contributed by atoms with Crippen molar-refractivity contribution >= 4 is 49.8 Å². The Labute approximate surface area is 171 Å².